The van der Waals surface area contributed by atoms with Crippen molar-refractivity contribution in [3.05, 3.63) is 53.6 Å². The number of ether oxygens (including phenoxy) is 2. The van der Waals surface area contributed by atoms with Gasteiger partial charge in [-0.15, -0.1) is 0 Å². The van der Waals surface area contributed by atoms with E-state index in [1.165, 1.54) is 43.2 Å². The Morgan fingerprint density at radius 1 is 1.12 bits per heavy atom. The fourth-order valence-electron chi connectivity index (χ4n) is 3.11. The third-order valence-electron chi connectivity index (χ3n) is 4.66. The lowest BCUT2D eigenvalue weighted by molar-refractivity contribution is -0.149. The number of rotatable bonds is 10. The van der Waals surface area contributed by atoms with Gasteiger partial charge in [-0.25, -0.2) is 8.42 Å². The molecule has 176 valence electrons. The summed E-state index contributed by atoms with van der Waals surface area (Å²) in [5, 5.41) is 8.93. The summed E-state index contributed by atoms with van der Waals surface area (Å²) in [5.41, 5.74) is 2.48. The Hall–Kier alpha value is -3.42. The van der Waals surface area contributed by atoms with Gasteiger partial charge >= 0.3 is 5.97 Å². The summed E-state index contributed by atoms with van der Waals surface area (Å²) in [4.78, 5) is 26.4. The Bertz CT molecular complexity index is 1120. The van der Waals surface area contributed by atoms with Crippen LogP contribution in [0, 0.1) is 25.2 Å². The van der Waals surface area contributed by atoms with Crippen LogP contribution in [0.3, 0.4) is 0 Å². The largest absolute Gasteiger partial charge is 0.497 e. The Morgan fingerprint density at radius 3 is 2.27 bits per heavy atom. The molecule has 2 aromatic rings. The summed E-state index contributed by atoms with van der Waals surface area (Å²) < 4.78 is 37.3. The molecule has 0 aliphatic rings. The second-order valence-electron chi connectivity index (χ2n) is 7.43. The van der Waals surface area contributed by atoms with Crippen molar-refractivity contribution < 1.29 is 27.5 Å². The van der Waals surface area contributed by atoms with Crippen LogP contribution in [-0.2, 0) is 24.3 Å². The Labute approximate surface area is 194 Å². The minimum atomic E-state index is -3.99. The Balaban J connectivity index is 2.04. The number of methoxy groups -OCH3 is 1. The highest BCUT2D eigenvalue weighted by Crippen LogP contribution is 2.20. The molecule has 0 saturated carbocycles. The molecular formula is C23H27N3O6S. The maximum absolute atomic E-state index is 12.8. The summed E-state index contributed by atoms with van der Waals surface area (Å²) in [6.07, 6.45) is 0.102. The highest BCUT2D eigenvalue weighted by molar-refractivity contribution is 7.89. The van der Waals surface area contributed by atoms with Crippen LogP contribution in [0.5, 0.6) is 5.75 Å². The molecule has 0 bridgehead atoms. The molecular weight excluding hydrogens is 446 g/mol. The molecule has 0 aliphatic heterocycles. The number of nitriles is 1. The molecule has 0 radical (unpaired) electrons. The second kappa shape index (κ2) is 11.4. The molecule has 9 nitrogen and oxygen atoms in total. The van der Waals surface area contributed by atoms with Crippen molar-refractivity contribution in [2.75, 3.05) is 25.2 Å². The quantitative estimate of drug-likeness (QED) is 0.525. The maximum Gasteiger partial charge on any atom is 0.324 e. The topological polar surface area (TPSA) is 126 Å². The van der Waals surface area contributed by atoms with Crippen molar-refractivity contribution in [1.29, 1.82) is 5.26 Å². The SMILES string of the molecule is COc1ccc(S(=O)(=O)N[C@@H](C)C(=O)OCC(=O)N(CCC#N)c2cc(C)cc(C)c2)cc1. The zero-order valence-electron chi connectivity index (χ0n) is 19.0. The first-order valence-electron chi connectivity index (χ1n) is 10.2. The van der Waals surface area contributed by atoms with E-state index >= 15 is 0 Å². The molecule has 2 aromatic carbocycles. The molecule has 33 heavy (non-hydrogen) atoms. The van der Waals surface area contributed by atoms with Gasteiger partial charge in [0.15, 0.2) is 6.61 Å². The predicted octanol–water partition coefficient (Wildman–Crippen LogP) is 2.47. The van der Waals surface area contributed by atoms with Crippen LogP contribution >= 0.6 is 0 Å². The third-order valence-corrected chi connectivity index (χ3v) is 6.22. The molecule has 0 aromatic heterocycles. The van der Waals surface area contributed by atoms with Crippen molar-refractivity contribution in [1.82, 2.24) is 4.72 Å². The predicted molar refractivity (Wildman–Crippen MR) is 122 cm³/mol. The first kappa shape index (κ1) is 25.8. The highest BCUT2D eigenvalue weighted by Gasteiger charge is 2.25. The van der Waals surface area contributed by atoms with Gasteiger partial charge in [0, 0.05) is 12.2 Å². The number of aryl methyl sites for hydroxylation is 2. The molecule has 2 rings (SSSR count). The first-order chi connectivity index (χ1) is 15.6. The van der Waals surface area contributed by atoms with E-state index in [-0.39, 0.29) is 17.9 Å². The average molecular weight is 474 g/mol. The van der Waals surface area contributed by atoms with Gasteiger partial charge in [-0.05, 0) is 68.3 Å². The van der Waals surface area contributed by atoms with Crippen LogP contribution in [-0.4, -0.2) is 46.6 Å². The molecule has 1 atom stereocenters. The summed E-state index contributed by atoms with van der Waals surface area (Å²) in [7, 11) is -2.53. The van der Waals surface area contributed by atoms with E-state index in [0.717, 1.165) is 11.1 Å². The lowest BCUT2D eigenvalue weighted by atomic mass is 10.1. The average Bonchev–Trinajstić information content (AvgIpc) is 2.76. The number of carbonyl (C=O) groups excluding carboxylic acids is 2. The summed E-state index contributed by atoms with van der Waals surface area (Å²) >= 11 is 0. The zero-order chi connectivity index (χ0) is 24.6. The van der Waals surface area contributed by atoms with Crippen molar-refractivity contribution >= 4 is 27.6 Å². The van der Waals surface area contributed by atoms with Gasteiger partial charge < -0.3 is 14.4 Å². The lowest BCUT2D eigenvalue weighted by Crippen LogP contribution is -2.41. The number of hydrogen-bond acceptors (Lipinski definition) is 7. The van der Waals surface area contributed by atoms with Gasteiger partial charge in [0.1, 0.15) is 11.8 Å². The molecule has 0 saturated heterocycles. The number of anilines is 1. The standard InChI is InChI=1S/C23H27N3O6S/c1-16-12-17(2)14-19(13-16)26(11-5-10-24)22(27)15-32-23(28)18(3)25-33(29,30)21-8-6-20(31-4)7-9-21/h6-9,12-14,18,25H,5,11,15H2,1-4H3/t18-/m0/s1. The summed E-state index contributed by atoms with van der Waals surface area (Å²) in [6, 6.07) is 12.0. The Kier molecular flexibility index (Phi) is 8.96. The van der Waals surface area contributed by atoms with Gasteiger partial charge in [0.25, 0.3) is 5.91 Å². The van der Waals surface area contributed by atoms with Crippen LogP contribution in [0.1, 0.15) is 24.5 Å². The van der Waals surface area contributed by atoms with Crippen molar-refractivity contribution in [3.8, 4) is 11.8 Å². The van der Waals surface area contributed by atoms with Crippen molar-refractivity contribution in [3.63, 3.8) is 0 Å². The van der Waals surface area contributed by atoms with Crippen LogP contribution in [0.15, 0.2) is 47.4 Å². The van der Waals surface area contributed by atoms with Gasteiger partial charge in [-0.2, -0.15) is 9.98 Å². The number of nitrogens with zero attached hydrogens (tertiary/aromatic N) is 2. The molecule has 0 heterocycles. The second-order valence-corrected chi connectivity index (χ2v) is 9.14. The first-order valence-corrected chi connectivity index (χ1v) is 11.6. The molecule has 1 N–H and O–H groups in total. The third kappa shape index (κ3) is 7.30. The number of hydrogen-bond donors (Lipinski definition) is 1. The number of amides is 1. The van der Waals surface area contributed by atoms with E-state index < -0.39 is 34.5 Å². The summed E-state index contributed by atoms with van der Waals surface area (Å²) in [6.45, 7) is 4.65. The molecule has 0 spiro atoms. The zero-order valence-corrected chi connectivity index (χ0v) is 19.8. The monoisotopic (exact) mass is 473 g/mol. The smallest absolute Gasteiger partial charge is 0.324 e. The minimum Gasteiger partial charge on any atom is -0.497 e. The van der Waals surface area contributed by atoms with Gasteiger partial charge in [-0.1, -0.05) is 6.07 Å². The lowest BCUT2D eigenvalue weighted by Gasteiger charge is -2.23. The fourth-order valence-corrected chi connectivity index (χ4v) is 4.30. The molecule has 1 amide bonds. The van der Waals surface area contributed by atoms with Crippen molar-refractivity contribution in [2.45, 2.75) is 38.1 Å². The van der Waals surface area contributed by atoms with Gasteiger partial charge in [0.05, 0.1) is 24.5 Å². The van der Waals surface area contributed by atoms with Gasteiger partial charge in [-0.3, -0.25) is 9.59 Å². The highest BCUT2D eigenvalue weighted by atomic mass is 32.2. The van der Waals surface area contributed by atoms with E-state index in [4.69, 9.17) is 14.7 Å². The van der Waals surface area contributed by atoms with E-state index in [2.05, 4.69) is 4.72 Å². The fraction of sp³-hybridized carbons (Fsp3) is 0.348. The van der Waals surface area contributed by atoms with Crippen LogP contribution in [0.4, 0.5) is 5.69 Å². The number of esters is 1. The van der Waals surface area contributed by atoms with E-state index in [9.17, 15) is 18.0 Å². The van der Waals surface area contributed by atoms with Crippen LogP contribution in [0.25, 0.3) is 0 Å². The number of sulfonamides is 1. The Morgan fingerprint density at radius 2 is 1.73 bits per heavy atom. The molecule has 10 heteroatoms. The van der Waals surface area contributed by atoms with Crippen LogP contribution in [0.2, 0.25) is 0 Å². The van der Waals surface area contributed by atoms with E-state index in [0.29, 0.717) is 11.4 Å². The van der Waals surface area contributed by atoms with Crippen LogP contribution < -0.4 is 14.4 Å². The van der Waals surface area contributed by atoms with Crippen molar-refractivity contribution in [2.24, 2.45) is 0 Å². The summed E-state index contributed by atoms with van der Waals surface area (Å²) in [5.74, 6) is -0.931. The molecule has 0 fully saturated rings. The minimum absolute atomic E-state index is 0.0449. The van der Waals surface area contributed by atoms with Gasteiger partial charge in [0.2, 0.25) is 10.0 Å². The normalized spacial score (nSPS) is 11.8. The van der Waals surface area contributed by atoms with E-state index in [1.54, 1.807) is 12.1 Å². The number of carbonyl (C=O) groups is 2. The molecule has 0 unspecified atom stereocenters. The number of benzene rings is 2. The maximum atomic E-state index is 12.8. The number of nitrogens with one attached hydrogen (secondary N) is 1. The van der Waals surface area contributed by atoms with E-state index in [1.807, 2.05) is 26.0 Å². The molecule has 0 aliphatic carbocycles.